The molecule has 0 aliphatic carbocycles. The van der Waals surface area contributed by atoms with Gasteiger partial charge in [0, 0.05) is 26.8 Å². The molecule has 0 unspecified atom stereocenters. The molecule has 21 heavy (non-hydrogen) atoms. The molecule has 0 saturated heterocycles. The highest BCUT2D eigenvalue weighted by Gasteiger charge is 2.18. The number of hydrogen-bond donors (Lipinski definition) is 2. The van der Waals surface area contributed by atoms with Crippen LogP contribution in [0.4, 0.5) is 4.39 Å². The van der Waals surface area contributed by atoms with Crippen LogP contribution in [0, 0.1) is 5.82 Å². The predicted octanol–water partition coefficient (Wildman–Crippen LogP) is 1.64. The largest absolute Gasteiger partial charge is 0.385 e. The Balaban J connectivity index is 2.84. The quantitative estimate of drug-likeness (QED) is 0.644. The average molecular weight is 318 g/mol. The Morgan fingerprint density at radius 2 is 2.05 bits per heavy atom. The van der Waals surface area contributed by atoms with Crippen molar-refractivity contribution in [3.8, 4) is 0 Å². The molecule has 1 rings (SSSR count). The van der Waals surface area contributed by atoms with Crippen LogP contribution in [0.3, 0.4) is 0 Å². The lowest BCUT2D eigenvalue weighted by Crippen LogP contribution is -2.27. The number of benzene rings is 1. The van der Waals surface area contributed by atoms with Gasteiger partial charge in [0.15, 0.2) is 0 Å². The van der Waals surface area contributed by atoms with E-state index < -0.39 is 15.8 Å². The van der Waals surface area contributed by atoms with Gasteiger partial charge in [-0.3, -0.25) is 0 Å². The molecule has 120 valence electrons. The van der Waals surface area contributed by atoms with E-state index in [1.807, 2.05) is 6.92 Å². The third-order valence-corrected chi connectivity index (χ3v) is 4.42. The maximum atomic E-state index is 13.4. The molecule has 0 aromatic heterocycles. The van der Waals surface area contributed by atoms with Crippen molar-refractivity contribution in [2.24, 2.45) is 0 Å². The first-order valence-electron chi connectivity index (χ1n) is 6.99. The van der Waals surface area contributed by atoms with Gasteiger partial charge in [-0.25, -0.2) is 17.5 Å². The van der Waals surface area contributed by atoms with Gasteiger partial charge in [-0.15, -0.1) is 0 Å². The molecule has 0 aliphatic rings. The Morgan fingerprint density at radius 3 is 2.71 bits per heavy atom. The molecule has 0 atom stereocenters. The molecule has 5 nitrogen and oxygen atoms in total. The highest BCUT2D eigenvalue weighted by molar-refractivity contribution is 7.89. The first-order chi connectivity index (χ1) is 10.0. The Morgan fingerprint density at radius 1 is 1.29 bits per heavy atom. The summed E-state index contributed by atoms with van der Waals surface area (Å²) in [5, 5.41) is 3.13. The van der Waals surface area contributed by atoms with E-state index in [-0.39, 0.29) is 11.4 Å². The fourth-order valence-electron chi connectivity index (χ4n) is 1.83. The molecule has 2 N–H and O–H groups in total. The van der Waals surface area contributed by atoms with Gasteiger partial charge >= 0.3 is 0 Å². The van der Waals surface area contributed by atoms with Crippen molar-refractivity contribution in [1.29, 1.82) is 0 Å². The minimum absolute atomic E-state index is 0.0106. The number of nitrogens with one attached hydrogen (secondary N) is 2. The van der Waals surface area contributed by atoms with Crippen LogP contribution >= 0.6 is 0 Å². The Kier molecular flexibility index (Phi) is 7.81. The van der Waals surface area contributed by atoms with Gasteiger partial charge in [-0.1, -0.05) is 13.0 Å². The van der Waals surface area contributed by atoms with Crippen LogP contribution in [0.25, 0.3) is 0 Å². The minimum atomic E-state index is -3.72. The van der Waals surface area contributed by atoms with Crippen LogP contribution in [0.1, 0.15) is 25.3 Å². The van der Waals surface area contributed by atoms with Crippen molar-refractivity contribution in [3.05, 3.63) is 29.6 Å². The summed E-state index contributed by atoms with van der Waals surface area (Å²) in [4.78, 5) is -0.0106. The summed E-state index contributed by atoms with van der Waals surface area (Å²) >= 11 is 0. The number of rotatable bonds is 10. The van der Waals surface area contributed by atoms with E-state index in [1.54, 1.807) is 7.11 Å². The van der Waals surface area contributed by atoms with E-state index in [2.05, 4.69) is 10.0 Å². The first kappa shape index (κ1) is 18.0. The van der Waals surface area contributed by atoms with E-state index >= 15 is 0 Å². The molecule has 0 spiro atoms. The summed E-state index contributed by atoms with van der Waals surface area (Å²) in [7, 11) is -2.16. The Bertz CT molecular complexity index is 535. The second-order valence-electron chi connectivity index (χ2n) is 4.67. The first-order valence-corrected chi connectivity index (χ1v) is 8.47. The maximum absolute atomic E-state index is 13.4. The van der Waals surface area contributed by atoms with Gasteiger partial charge in [-0.2, -0.15) is 0 Å². The zero-order valence-electron chi connectivity index (χ0n) is 12.5. The fraction of sp³-hybridized carbons (Fsp3) is 0.571. The number of halogens is 1. The van der Waals surface area contributed by atoms with Gasteiger partial charge in [0.1, 0.15) is 5.82 Å². The van der Waals surface area contributed by atoms with Crippen molar-refractivity contribution in [2.75, 3.05) is 26.8 Å². The Labute approximate surface area is 125 Å². The van der Waals surface area contributed by atoms with E-state index in [1.165, 1.54) is 12.1 Å². The predicted molar refractivity (Wildman–Crippen MR) is 80.1 cm³/mol. The smallest absolute Gasteiger partial charge is 0.240 e. The van der Waals surface area contributed by atoms with Crippen LogP contribution in [0.5, 0.6) is 0 Å². The zero-order valence-corrected chi connectivity index (χ0v) is 13.3. The molecule has 0 bridgehead atoms. The molecule has 0 radical (unpaired) electrons. The van der Waals surface area contributed by atoms with Crippen molar-refractivity contribution >= 4 is 10.0 Å². The molecule has 0 fully saturated rings. The molecule has 0 amide bonds. The lowest BCUT2D eigenvalue weighted by atomic mass is 10.2. The summed E-state index contributed by atoms with van der Waals surface area (Å²) in [6, 6.07) is 3.83. The van der Waals surface area contributed by atoms with Crippen LogP contribution < -0.4 is 10.0 Å². The van der Waals surface area contributed by atoms with Crippen molar-refractivity contribution < 1.29 is 17.5 Å². The van der Waals surface area contributed by atoms with E-state index in [0.29, 0.717) is 25.1 Å². The second-order valence-corrected chi connectivity index (χ2v) is 6.41. The normalized spacial score (nSPS) is 11.8. The monoisotopic (exact) mass is 318 g/mol. The standard InChI is InChI=1S/C14H23FN2O3S/c1-3-7-16-11-12-5-6-13(15)10-14(12)21(18,19)17-8-4-9-20-2/h5-6,10,16-17H,3-4,7-9,11H2,1-2H3. The van der Waals surface area contributed by atoms with Crippen molar-refractivity contribution in [2.45, 2.75) is 31.2 Å². The topological polar surface area (TPSA) is 67.4 Å². The van der Waals surface area contributed by atoms with Gasteiger partial charge in [0.2, 0.25) is 10.0 Å². The molecule has 7 heteroatoms. The highest BCUT2D eigenvalue weighted by Crippen LogP contribution is 2.17. The summed E-state index contributed by atoms with van der Waals surface area (Å²) in [6.07, 6.45) is 1.51. The fourth-order valence-corrected chi connectivity index (χ4v) is 3.15. The number of methoxy groups -OCH3 is 1. The summed E-state index contributed by atoms with van der Waals surface area (Å²) < 4.78 is 45.2. The van der Waals surface area contributed by atoms with E-state index in [9.17, 15) is 12.8 Å². The molecule has 0 saturated carbocycles. The van der Waals surface area contributed by atoms with Crippen LogP contribution in [-0.2, 0) is 21.3 Å². The van der Waals surface area contributed by atoms with Crippen LogP contribution in [-0.4, -0.2) is 35.2 Å². The maximum Gasteiger partial charge on any atom is 0.240 e. The van der Waals surface area contributed by atoms with Gasteiger partial charge < -0.3 is 10.1 Å². The third-order valence-electron chi connectivity index (χ3n) is 2.88. The van der Waals surface area contributed by atoms with Gasteiger partial charge in [0.05, 0.1) is 4.90 Å². The summed E-state index contributed by atoms with van der Waals surface area (Å²) in [5.74, 6) is -0.563. The summed E-state index contributed by atoms with van der Waals surface area (Å²) in [6.45, 7) is 3.92. The molecular weight excluding hydrogens is 295 g/mol. The van der Waals surface area contributed by atoms with Gasteiger partial charge in [0.25, 0.3) is 0 Å². The lowest BCUT2D eigenvalue weighted by Gasteiger charge is -2.12. The van der Waals surface area contributed by atoms with E-state index in [0.717, 1.165) is 19.0 Å². The molecule has 1 aromatic carbocycles. The minimum Gasteiger partial charge on any atom is -0.385 e. The van der Waals surface area contributed by atoms with Crippen LogP contribution in [0.15, 0.2) is 23.1 Å². The molecule has 0 heterocycles. The van der Waals surface area contributed by atoms with Crippen molar-refractivity contribution in [1.82, 2.24) is 10.0 Å². The van der Waals surface area contributed by atoms with Crippen molar-refractivity contribution in [3.63, 3.8) is 0 Å². The van der Waals surface area contributed by atoms with Crippen LogP contribution in [0.2, 0.25) is 0 Å². The number of sulfonamides is 1. The third kappa shape index (κ3) is 6.09. The molecular formula is C14H23FN2O3S. The molecule has 0 aliphatic heterocycles. The molecule has 1 aromatic rings. The number of hydrogen-bond acceptors (Lipinski definition) is 4. The second kappa shape index (κ2) is 9.09. The van der Waals surface area contributed by atoms with Gasteiger partial charge in [-0.05, 0) is 37.1 Å². The number of ether oxygens (including phenoxy) is 1. The van der Waals surface area contributed by atoms with E-state index in [4.69, 9.17) is 4.74 Å². The highest BCUT2D eigenvalue weighted by atomic mass is 32.2. The lowest BCUT2D eigenvalue weighted by molar-refractivity contribution is 0.196. The summed E-state index contributed by atoms with van der Waals surface area (Å²) in [5.41, 5.74) is 0.559. The average Bonchev–Trinajstić information content (AvgIpc) is 2.45. The Hall–Kier alpha value is -1.02. The zero-order chi connectivity index (χ0) is 15.7. The SMILES string of the molecule is CCCNCc1ccc(F)cc1S(=O)(=O)NCCCOC.